The molecule has 0 saturated carbocycles. The fourth-order valence-electron chi connectivity index (χ4n) is 1.58. The number of halogens is 2. The van der Waals surface area contributed by atoms with Crippen LogP contribution in [0.2, 0.25) is 10.0 Å². The van der Waals surface area contributed by atoms with Gasteiger partial charge >= 0.3 is 0 Å². The van der Waals surface area contributed by atoms with Gasteiger partial charge in [0.2, 0.25) is 0 Å². The van der Waals surface area contributed by atoms with Crippen LogP contribution < -0.4 is 0 Å². The normalized spacial score (nSPS) is 10.5. The second-order valence-electron chi connectivity index (χ2n) is 4.12. The van der Waals surface area contributed by atoms with Crippen LogP contribution in [0.5, 0.6) is 0 Å². The number of hydrogen-bond acceptors (Lipinski definition) is 2. The number of carbonyl (C=O) groups is 1. The first-order valence-electron chi connectivity index (χ1n) is 5.74. The van der Waals surface area contributed by atoms with Gasteiger partial charge in [0.1, 0.15) is 0 Å². The molecule has 0 fully saturated rings. The van der Waals surface area contributed by atoms with E-state index in [0.29, 0.717) is 10.6 Å². The van der Waals surface area contributed by atoms with E-state index < -0.39 is 0 Å². The van der Waals surface area contributed by atoms with Crippen molar-refractivity contribution in [1.29, 1.82) is 0 Å². The maximum absolute atomic E-state index is 11.2. The number of ketones is 1. The first kappa shape index (κ1) is 14.4. The van der Waals surface area contributed by atoms with Gasteiger partial charge in [0.05, 0.1) is 5.02 Å². The molecular weight excluding hydrogens is 299 g/mol. The highest BCUT2D eigenvalue weighted by Gasteiger charge is 2.06. The quantitative estimate of drug-likeness (QED) is 0.549. The first-order chi connectivity index (χ1) is 9.06. The summed E-state index contributed by atoms with van der Waals surface area (Å²) in [4.78, 5) is 12.2. The summed E-state index contributed by atoms with van der Waals surface area (Å²) in [7, 11) is 0. The third-order valence-electron chi connectivity index (χ3n) is 2.65. The standard InChI is InChI=1S/C15H12Cl2OS/c1-10(18)12-4-7-15(14(17)8-12)19-9-11-2-5-13(16)6-3-11/h2-8H,9H2,1H3. The zero-order valence-corrected chi connectivity index (χ0v) is 12.6. The van der Waals surface area contributed by atoms with Crippen LogP contribution in [0.1, 0.15) is 22.8 Å². The Bertz CT molecular complexity index is 594. The van der Waals surface area contributed by atoms with E-state index >= 15 is 0 Å². The van der Waals surface area contributed by atoms with Gasteiger partial charge in [-0.1, -0.05) is 41.4 Å². The molecule has 0 bridgehead atoms. The molecular formula is C15H12Cl2OS. The Labute approximate surface area is 126 Å². The largest absolute Gasteiger partial charge is 0.295 e. The molecule has 0 aliphatic rings. The van der Waals surface area contributed by atoms with Gasteiger partial charge in [-0.3, -0.25) is 4.79 Å². The molecule has 0 heterocycles. The molecule has 4 heteroatoms. The Kier molecular flexibility index (Phi) is 4.92. The molecule has 0 amide bonds. The smallest absolute Gasteiger partial charge is 0.159 e. The van der Waals surface area contributed by atoms with Crippen molar-refractivity contribution in [2.24, 2.45) is 0 Å². The summed E-state index contributed by atoms with van der Waals surface area (Å²) >= 11 is 13.7. The van der Waals surface area contributed by atoms with Gasteiger partial charge in [0.25, 0.3) is 0 Å². The van der Waals surface area contributed by atoms with Gasteiger partial charge < -0.3 is 0 Å². The fourth-order valence-corrected chi connectivity index (χ4v) is 2.92. The van der Waals surface area contributed by atoms with Crippen molar-refractivity contribution in [2.45, 2.75) is 17.6 Å². The van der Waals surface area contributed by atoms with Crippen molar-refractivity contribution in [3.8, 4) is 0 Å². The van der Waals surface area contributed by atoms with Crippen LogP contribution in [0.15, 0.2) is 47.4 Å². The van der Waals surface area contributed by atoms with Gasteiger partial charge in [0.15, 0.2) is 5.78 Å². The number of rotatable bonds is 4. The van der Waals surface area contributed by atoms with Gasteiger partial charge in [0, 0.05) is 21.2 Å². The molecule has 98 valence electrons. The van der Waals surface area contributed by atoms with Crippen LogP contribution in [0.3, 0.4) is 0 Å². The minimum absolute atomic E-state index is 0.0242. The maximum Gasteiger partial charge on any atom is 0.159 e. The van der Waals surface area contributed by atoms with Gasteiger partial charge in [-0.2, -0.15) is 0 Å². The Balaban J connectivity index is 2.07. The number of thioether (sulfide) groups is 1. The van der Waals surface area contributed by atoms with Gasteiger partial charge in [-0.25, -0.2) is 0 Å². The minimum atomic E-state index is 0.0242. The van der Waals surface area contributed by atoms with Crippen LogP contribution in [0.4, 0.5) is 0 Å². The molecule has 0 aliphatic heterocycles. The van der Waals surface area contributed by atoms with Crippen molar-refractivity contribution < 1.29 is 4.79 Å². The minimum Gasteiger partial charge on any atom is -0.295 e. The summed E-state index contributed by atoms with van der Waals surface area (Å²) in [5.74, 6) is 0.840. The average molecular weight is 311 g/mol. The summed E-state index contributed by atoms with van der Waals surface area (Å²) in [5, 5.41) is 1.35. The van der Waals surface area contributed by atoms with E-state index in [9.17, 15) is 4.79 Å². The monoisotopic (exact) mass is 310 g/mol. The Hall–Kier alpha value is -0.960. The highest BCUT2D eigenvalue weighted by Crippen LogP contribution is 2.30. The molecule has 0 N–H and O–H groups in total. The van der Waals surface area contributed by atoms with Gasteiger partial charge in [-0.15, -0.1) is 11.8 Å². The lowest BCUT2D eigenvalue weighted by atomic mass is 10.1. The van der Waals surface area contributed by atoms with Crippen molar-refractivity contribution in [3.63, 3.8) is 0 Å². The second kappa shape index (κ2) is 6.47. The van der Waals surface area contributed by atoms with E-state index in [-0.39, 0.29) is 5.78 Å². The van der Waals surface area contributed by atoms with E-state index in [1.54, 1.807) is 23.9 Å². The molecule has 0 saturated heterocycles. The summed E-state index contributed by atoms with van der Waals surface area (Å²) in [5.41, 5.74) is 1.82. The third-order valence-corrected chi connectivity index (χ3v) is 4.47. The van der Waals surface area contributed by atoms with Crippen molar-refractivity contribution in [2.75, 3.05) is 0 Å². The van der Waals surface area contributed by atoms with E-state index in [4.69, 9.17) is 23.2 Å². The Morgan fingerprint density at radius 2 is 1.79 bits per heavy atom. The number of carbonyl (C=O) groups excluding carboxylic acids is 1. The molecule has 2 rings (SSSR count). The zero-order valence-electron chi connectivity index (χ0n) is 10.3. The molecule has 19 heavy (non-hydrogen) atoms. The molecule has 0 aliphatic carbocycles. The summed E-state index contributed by atoms with van der Waals surface area (Å²) in [6, 6.07) is 13.1. The summed E-state index contributed by atoms with van der Waals surface area (Å²) < 4.78 is 0. The molecule has 0 atom stereocenters. The predicted molar refractivity (Wildman–Crippen MR) is 82.5 cm³/mol. The third kappa shape index (κ3) is 4.00. The number of Topliss-reactive ketones (excluding diaryl/α,β-unsaturated/α-hetero) is 1. The molecule has 2 aromatic carbocycles. The molecule has 0 radical (unpaired) electrons. The van der Waals surface area contributed by atoms with Gasteiger partial charge in [-0.05, 0) is 36.8 Å². The van der Waals surface area contributed by atoms with E-state index in [1.165, 1.54) is 12.5 Å². The van der Waals surface area contributed by atoms with Crippen LogP contribution in [-0.2, 0) is 5.75 Å². The SMILES string of the molecule is CC(=O)c1ccc(SCc2ccc(Cl)cc2)c(Cl)c1. The number of hydrogen-bond donors (Lipinski definition) is 0. The van der Waals surface area contributed by atoms with E-state index in [2.05, 4.69) is 0 Å². The van der Waals surface area contributed by atoms with Crippen molar-refractivity contribution in [1.82, 2.24) is 0 Å². The van der Waals surface area contributed by atoms with Crippen molar-refractivity contribution >= 4 is 40.7 Å². The van der Waals surface area contributed by atoms with Crippen molar-refractivity contribution in [3.05, 3.63) is 63.6 Å². The highest BCUT2D eigenvalue weighted by atomic mass is 35.5. The lowest BCUT2D eigenvalue weighted by Crippen LogP contribution is -1.91. The molecule has 0 unspecified atom stereocenters. The molecule has 1 nitrogen and oxygen atoms in total. The molecule has 0 aromatic heterocycles. The topological polar surface area (TPSA) is 17.1 Å². The zero-order chi connectivity index (χ0) is 13.8. The second-order valence-corrected chi connectivity index (χ2v) is 5.98. The number of benzene rings is 2. The van der Waals surface area contributed by atoms with E-state index in [1.807, 2.05) is 30.3 Å². The summed E-state index contributed by atoms with van der Waals surface area (Å²) in [6.45, 7) is 1.53. The van der Waals surface area contributed by atoms with Crippen LogP contribution in [-0.4, -0.2) is 5.78 Å². The Morgan fingerprint density at radius 1 is 1.11 bits per heavy atom. The maximum atomic E-state index is 11.2. The lowest BCUT2D eigenvalue weighted by Gasteiger charge is -2.06. The lowest BCUT2D eigenvalue weighted by molar-refractivity contribution is 0.101. The van der Waals surface area contributed by atoms with Crippen LogP contribution in [0, 0.1) is 0 Å². The van der Waals surface area contributed by atoms with Crippen LogP contribution >= 0.6 is 35.0 Å². The Morgan fingerprint density at radius 3 is 2.37 bits per heavy atom. The van der Waals surface area contributed by atoms with E-state index in [0.717, 1.165) is 15.7 Å². The molecule has 2 aromatic rings. The molecule has 0 spiro atoms. The highest BCUT2D eigenvalue weighted by molar-refractivity contribution is 7.98. The average Bonchev–Trinajstić information content (AvgIpc) is 2.39. The predicted octanol–water partition coefficient (Wildman–Crippen LogP) is 5.49. The summed E-state index contributed by atoms with van der Waals surface area (Å²) in [6.07, 6.45) is 0. The first-order valence-corrected chi connectivity index (χ1v) is 7.48. The fraction of sp³-hybridized carbons (Fsp3) is 0.133. The van der Waals surface area contributed by atoms with Crippen LogP contribution in [0.25, 0.3) is 0 Å².